The Hall–Kier alpha value is -3.41. The minimum absolute atomic E-state index is 0.0806. The van der Waals surface area contributed by atoms with Crippen LogP contribution in [0.4, 0.5) is 24.9 Å². The smallest absolute Gasteiger partial charge is 0.407 e. The van der Waals surface area contributed by atoms with Gasteiger partial charge in [-0.25, -0.2) is 0 Å². The van der Waals surface area contributed by atoms with Crippen LogP contribution in [0.25, 0.3) is 0 Å². The second kappa shape index (κ2) is 7.78. The molecule has 0 aliphatic carbocycles. The molecule has 3 heterocycles. The van der Waals surface area contributed by atoms with E-state index < -0.39 is 12.3 Å². The first-order valence-electron chi connectivity index (χ1n) is 8.63. The highest BCUT2D eigenvalue weighted by atomic mass is 32.1. The van der Waals surface area contributed by atoms with Crippen molar-refractivity contribution in [2.24, 2.45) is 0 Å². The number of ether oxygens (including phenoxy) is 1. The van der Waals surface area contributed by atoms with Gasteiger partial charge in [0.2, 0.25) is 11.8 Å². The number of halogens is 3. The maximum atomic E-state index is 12.4. The number of rotatable bonds is 5. The quantitative estimate of drug-likeness (QED) is 0.651. The minimum Gasteiger partial charge on any atom is -0.407 e. The molecule has 0 radical (unpaired) electrons. The van der Waals surface area contributed by atoms with Gasteiger partial charge in [0.25, 0.3) is 5.91 Å². The van der Waals surface area contributed by atoms with Crippen molar-refractivity contribution in [2.45, 2.75) is 18.7 Å². The number of nitrogens with zero attached hydrogens (tertiary/aromatic N) is 3. The van der Waals surface area contributed by atoms with Crippen molar-refractivity contribution in [1.82, 2.24) is 10.2 Å². The van der Waals surface area contributed by atoms with E-state index in [1.807, 2.05) is 0 Å². The van der Waals surface area contributed by atoms with E-state index in [2.05, 4.69) is 20.3 Å². The van der Waals surface area contributed by atoms with E-state index in [-0.39, 0.29) is 42.4 Å². The number of amides is 2. The van der Waals surface area contributed by atoms with Crippen LogP contribution < -0.4 is 15.0 Å². The lowest BCUT2D eigenvalue weighted by molar-refractivity contribution is -0.274. The van der Waals surface area contributed by atoms with Gasteiger partial charge in [0, 0.05) is 18.7 Å². The zero-order valence-corrected chi connectivity index (χ0v) is 15.9. The topological polar surface area (TPSA) is 97.6 Å². The zero-order valence-electron chi connectivity index (χ0n) is 15.0. The van der Waals surface area contributed by atoms with Crippen LogP contribution in [-0.4, -0.2) is 34.9 Å². The van der Waals surface area contributed by atoms with Crippen molar-refractivity contribution in [1.29, 1.82) is 0 Å². The normalized spacial score (nSPS) is 16.7. The molecule has 1 fully saturated rings. The molecule has 1 saturated heterocycles. The van der Waals surface area contributed by atoms with Gasteiger partial charge in [-0.3, -0.25) is 14.9 Å². The summed E-state index contributed by atoms with van der Waals surface area (Å²) in [4.78, 5) is 26.3. The molecule has 2 amide bonds. The third-order valence-corrected chi connectivity index (χ3v) is 5.13. The van der Waals surface area contributed by atoms with Gasteiger partial charge in [0.05, 0.1) is 10.8 Å². The molecule has 1 aromatic carbocycles. The van der Waals surface area contributed by atoms with Gasteiger partial charge in [-0.15, -0.1) is 29.6 Å². The van der Waals surface area contributed by atoms with E-state index in [1.54, 1.807) is 17.5 Å². The van der Waals surface area contributed by atoms with Crippen molar-refractivity contribution in [3.8, 4) is 5.75 Å². The lowest BCUT2D eigenvalue weighted by atomic mass is 10.1. The highest BCUT2D eigenvalue weighted by Crippen LogP contribution is 2.33. The maximum absolute atomic E-state index is 12.4. The Morgan fingerprint density at radius 1 is 1.23 bits per heavy atom. The lowest BCUT2D eigenvalue weighted by Gasteiger charge is -2.17. The van der Waals surface area contributed by atoms with E-state index in [0.717, 1.165) is 12.1 Å². The van der Waals surface area contributed by atoms with Crippen LogP contribution in [0.15, 0.2) is 46.2 Å². The van der Waals surface area contributed by atoms with E-state index in [1.165, 1.54) is 28.4 Å². The molecule has 1 aliphatic heterocycles. The Kier molecular flexibility index (Phi) is 5.16. The molecule has 1 N–H and O–H groups in total. The van der Waals surface area contributed by atoms with Crippen LogP contribution in [0, 0.1) is 0 Å². The van der Waals surface area contributed by atoms with Gasteiger partial charge in [0.15, 0.2) is 0 Å². The second-order valence-electron chi connectivity index (χ2n) is 6.32. The molecule has 2 aromatic heterocycles. The molecule has 0 saturated carbocycles. The largest absolute Gasteiger partial charge is 0.573 e. The van der Waals surface area contributed by atoms with E-state index >= 15 is 0 Å². The van der Waals surface area contributed by atoms with Gasteiger partial charge < -0.3 is 14.1 Å². The molecule has 12 heteroatoms. The SMILES string of the molecule is O=C(Nc1nnc([C@H]2CC(=O)N(c3ccc(OC(F)(F)F)cc3)C2)o1)c1cccs1. The Labute approximate surface area is 171 Å². The van der Waals surface area contributed by atoms with Crippen LogP contribution in [-0.2, 0) is 4.79 Å². The summed E-state index contributed by atoms with van der Waals surface area (Å²) in [6.07, 6.45) is -4.70. The molecule has 1 aliphatic rings. The first kappa shape index (κ1) is 19.9. The summed E-state index contributed by atoms with van der Waals surface area (Å²) in [5.41, 5.74) is 0.419. The number of aromatic nitrogens is 2. The Morgan fingerprint density at radius 2 is 2.00 bits per heavy atom. The number of carbonyl (C=O) groups is 2. The summed E-state index contributed by atoms with van der Waals surface area (Å²) in [6, 6.07) is 8.30. The number of alkyl halides is 3. The van der Waals surface area contributed by atoms with Crippen molar-refractivity contribution in [2.75, 3.05) is 16.8 Å². The Morgan fingerprint density at radius 3 is 2.67 bits per heavy atom. The predicted octanol–water partition coefficient (Wildman–Crippen LogP) is 3.80. The molecule has 8 nitrogen and oxygen atoms in total. The van der Waals surface area contributed by atoms with Crippen LogP contribution in [0.2, 0.25) is 0 Å². The average Bonchev–Trinajstić information content (AvgIpc) is 3.41. The average molecular weight is 438 g/mol. The fourth-order valence-corrected chi connectivity index (χ4v) is 3.59. The molecule has 0 spiro atoms. The summed E-state index contributed by atoms with van der Waals surface area (Å²) >= 11 is 1.26. The van der Waals surface area contributed by atoms with Crippen molar-refractivity contribution < 1.29 is 31.9 Å². The summed E-state index contributed by atoms with van der Waals surface area (Å²) in [5, 5.41) is 11.9. The third kappa shape index (κ3) is 4.43. The molecule has 4 rings (SSSR count). The van der Waals surface area contributed by atoms with Gasteiger partial charge in [-0.2, -0.15) is 0 Å². The molecule has 156 valence electrons. The second-order valence-corrected chi connectivity index (χ2v) is 7.27. The highest BCUT2D eigenvalue weighted by Gasteiger charge is 2.35. The standard InChI is InChI=1S/C18H13F3N4O4S/c19-18(20,21)29-12-5-3-11(4-6-12)25-9-10(8-14(25)26)16-23-24-17(28-16)22-15(27)13-2-1-7-30-13/h1-7,10H,8-9H2,(H,22,24,27)/t10-/m0/s1. The molecule has 30 heavy (non-hydrogen) atoms. The minimum atomic E-state index is -4.79. The number of thiophene rings is 1. The predicted molar refractivity (Wildman–Crippen MR) is 99.4 cm³/mol. The maximum Gasteiger partial charge on any atom is 0.573 e. The number of benzene rings is 1. The van der Waals surface area contributed by atoms with Crippen molar-refractivity contribution in [3.05, 3.63) is 52.5 Å². The van der Waals surface area contributed by atoms with Crippen LogP contribution in [0.1, 0.15) is 27.9 Å². The van der Waals surface area contributed by atoms with Crippen LogP contribution >= 0.6 is 11.3 Å². The molecular formula is C18H13F3N4O4S. The van der Waals surface area contributed by atoms with Crippen LogP contribution in [0.3, 0.4) is 0 Å². The van der Waals surface area contributed by atoms with Gasteiger partial charge in [-0.05, 0) is 35.7 Å². The Balaban J connectivity index is 1.41. The number of hydrogen-bond donors (Lipinski definition) is 1. The van der Waals surface area contributed by atoms with E-state index in [9.17, 15) is 22.8 Å². The molecule has 3 aromatic rings. The monoisotopic (exact) mass is 438 g/mol. The summed E-state index contributed by atoms with van der Waals surface area (Å²) in [7, 11) is 0. The molecule has 0 unspecified atom stereocenters. The molecular weight excluding hydrogens is 425 g/mol. The number of anilines is 2. The summed E-state index contributed by atoms with van der Waals surface area (Å²) < 4.78 is 46.1. The van der Waals surface area contributed by atoms with Crippen molar-refractivity contribution >= 4 is 34.9 Å². The van der Waals surface area contributed by atoms with Gasteiger partial charge in [0.1, 0.15) is 5.75 Å². The van der Waals surface area contributed by atoms with Gasteiger partial charge >= 0.3 is 12.4 Å². The van der Waals surface area contributed by atoms with Crippen molar-refractivity contribution in [3.63, 3.8) is 0 Å². The van der Waals surface area contributed by atoms with Gasteiger partial charge in [-0.1, -0.05) is 11.2 Å². The number of hydrogen-bond acceptors (Lipinski definition) is 7. The molecule has 1 atom stereocenters. The number of carbonyl (C=O) groups excluding carboxylic acids is 2. The fourth-order valence-electron chi connectivity index (χ4n) is 2.97. The lowest BCUT2D eigenvalue weighted by Crippen LogP contribution is -2.24. The fraction of sp³-hybridized carbons (Fsp3) is 0.222. The van der Waals surface area contributed by atoms with E-state index in [0.29, 0.717) is 10.6 Å². The summed E-state index contributed by atoms with van der Waals surface area (Å²) in [6.45, 7) is 0.207. The Bertz CT molecular complexity index is 1050. The zero-order chi connectivity index (χ0) is 21.3. The first-order valence-corrected chi connectivity index (χ1v) is 9.51. The number of nitrogens with one attached hydrogen (secondary N) is 1. The summed E-state index contributed by atoms with van der Waals surface area (Å²) in [5.74, 6) is -1.23. The highest BCUT2D eigenvalue weighted by molar-refractivity contribution is 7.12. The van der Waals surface area contributed by atoms with E-state index in [4.69, 9.17) is 4.42 Å². The van der Waals surface area contributed by atoms with Crippen LogP contribution in [0.5, 0.6) is 5.75 Å². The third-order valence-electron chi connectivity index (χ3n) is 4.26. The molecule has 0 bridgehead atoms. The first-order chi connectivity index (χ1) is 14.3.